The fourth-order valence-corrected chi connectivity index (χ4v) is 0.831. The van der Waals surface area contributed by atoms with Crippen LogP contribution in [0.5, 0.6) is 5.88 Å². The van der Waals surface area contributed by atoms with Crippen molar-refractivity contribution >= 4 is 15.9 Å². The summed E-state index contributed by atoms with van der Waals surface area (Å²) in [5.74, 6) is 0.207. The molecule has 0 spiro atoms. The number of rotatable bonds is 3. The Kier molecular flexibility index (Phi) is 3.40. The van der Waals surface area contributed by atoms with Crippen molar-refractivity contribution in [2.45, 2.75) is 6.43 Å². The van der Waals surface area contributed by atoms with Gasteiger partial charge in [0.1, 0.15) is 0 Å². The van der Waals surface area contributed by atoms with E-state index in [0.29, 0.717) is 0 Å². The first kappa shape index (κ1) is 9.38. The molecule has 2 nitrogen and oxygen atoms in total. The zero-order valence-electron chi connectivity index (χ0n) is 6.01. The highest BCUT2D eigenvalue weighted by atomic mass is 79.9. The Balaban J connectivity index is 2.48. The first-order chi connectivity index (χ1) is 5.68. The van der Waals surface area contributed by atoms with Gasteiger partial charge in [-0.3, -0.25) is 0 Å². The van der Waals surface area contributed by atoms with Gasteiger partial charge in [-0.05, 0) is 22.0 Å². The molecule has 0 unspecified atom stereocenters. The topological polar surface area (TPSA) is 22.1 Å². The van der Waals surface area contributed by atoms with Crippen molar-refractivity contribution < 1.29 is 13.5 Å². The maximum Gasteiger partial charge on any atom is 0.272 e. The lowest BCUT2D eigenvalue weighted by Gasteiger charge is -2.02. The summed E-state index contributed by atoms with van der Waals surface area (Å²) in [5.41, 5.74) is 0. The van der Waals surface area contributed by atoms with Crippen LogP contribution in [0.3, 0.4) is 0 Å². The summed E-state index contributed by atoms with van der Waals surface area (Å²) < 4.78 is 28.7. The molecule has 5 heteroatoms. The number of ether oxygens (including phenoxy) is 1. The zero-order chi connectivity index (χ0) is 8.97. The van der Waals surface area contributed by atoms with Crippen LogP contribution in [0.4, 0.5) is 8.78 Å². The van der Waals surface area contributed by atoms with Gasteiger partial charge in [-0.2, -0.15) is 0 Å². The van der Waals surface area contributed by atoms with Crippen LogP contribution in [0.25, 0.3) is 0 Å². The molecule has 0 radical (unpaired) electrons. The predicted molar refractivity (Wildman–Crippen MR) is 43.4 cm³/mol. The number of halogens is 3. The summed E-state index contributed by atoms with van der Waals surface area (Å²) >= 11 is 3.16. The van der Waals surface area contributed by atoms with E-state index in [2.05, 4.69) is 25.7 Å². The lowest BCUT2D eigenvalue weighted by Crippen LogP contribution is -2.07. The van der Waals surface area contributed by atoms with Gasteiger partial charge >= 0.3 is 0 Å². The number of pyridine rings is 1. The van der Waals surface area contributed by atoms with Crippen LogP contribution in [0.15, 0.2) is 22.8 Å². The summed E-state index contributed by atoms with van der Waals surface area (Å²) in [6.07, 6.45) is -0.976. The standard InChI is InChI=1S/C7H6BrF2NO/c8-5-1-2-7(11-3-5)12-4-6(9)10/h1-3,6H,4H2. The Morgan fingerprint density at radius 2 is 2.25 bits per heavy atom. The molecular formula is C7H6BrF2NO. The van der Waals surface area contributed by atoms with E-state index < -0.39 is 13.0 Å². The first-order valence-corrected chi connectivity index (χ1v) is 4.00. The molecule has 12 heavy (non-hydrogen) atoms. The van der Waals surface area contributed by atoms with E-state index in [0.717, 1.165) is 4.47 Å². The molecule has 0 saturated heterocycles. The highest BCUT2D eigenvalue weighted by Crippen LogP contribution is 2.12. The van der Waals surface area contributed by atoms with Gasteiger partial charge in [-0.1, -0.05) is 0 Å². The SMILES string of the molecule is FC(F)COc1ccc(Br)cn1. The summed E-state index contributed by atoms with van der Waals surface area (Å²) in [6.45, 7) is -0.616. The van der Waals surface area contributed by atoms with Gasteiger partial charge in [0, 0.05) is 16.7 Å². The Bertz CT molecular complexity index is 240. The monoisotopic (exact) mass is 237 g/mol. The molecule has 1 aromatic rings. The smallest absolute Gasteiger partial charge is 0.272 e. The van der Waals surface area contributed by atoms with Crippen LogP contribution in [0.2, 0.25) is 0 Å². The molecule has 0 bridgehead atoms. The Morgan fingerprint density at radius 1 is 1.50 bits per heavy atom. The van der Waals surface area contributed by atoms with Gasteiger partial charge in [0.15, 0.2) is 6.61 Å². The number of nitrogens with zero attached hydrogens (tertiary/aromatic N) is 1. The molecule has 1 aromatic heterocycles. The number of alkyl halides is 2. The first-order valence-electron chi connectivity index (χ1n) is 3.21. The molecule has 0 saturated carbocycles. The normalized spacial score (nSPS) is 10.3. The summed E-state index contributed by atoms with van der Waals surface area (Å²) in [7, 11) is 0. The third kappa shape index (κ3) is 3.13. The van der Waals surface area contributed by atoms with Gasteiger partial charge in [0.25, 0.3) is 6.43 Å². The van der Waals surface area contributed by atoms with Gasteiger partial charge in [-0.25, -0.2) is 13.8 Å². The molecule has 66 valence electrons. The largest absolute Gasteiger partial charge is 0.472 e. The van der Waals surface area contributed by atoms with Crippen LogP contribution in [-0.4, -0.2) is 18.0 Å². The van der Waals surface area contributed by atoms with Crippen molar-refractivity contribution in [1.82, 2.24) is 4.98 Å². The molecule has 0 atom stereocenters. The highest BCUT2D eigenvalue weighted by molar-refractivity contribution is 9.10. The minimum atomic E-state index is -2.46. The van der Waals surface area contributed by atoms with E-state index in [1.165, 1.54) is 12.3 Å². The molecule has 0 amide bonds. The number of aromatic nitrogens is 1. The van der Waals surface area contributed by atoms with Crippen LogP contribution in [0.1, 0.15) is 0 Å². The molecule has 0 aromatic carbocycles. The van der Waals surface area contributed by atoms with Gasteiger partial charge in [0.05, 0.1) is 0 Å². The maximum atomic E-state index is 11.6. The lowest BCUT2D eigenvalue weighted by molar-refractivity contribution is 0.0796. The molecule has 0 fully saturated rings. The third-order valence-corrected chi connectivity index (χ3v) is 1.53. The van der Waals surface area contributed by atoms with Crippen LogP contribution < -0.4 is 4.74 Å². The minimum Gasteiger partial charge on any atom is -0.472 e. The molecule has 1 heterocycles. The van der Waals surface area contributed by atoms with Gasteiger partial charge in [-0.15, -0.1) is 0 Å². The second kappa shape index (κ2) is 4.35. The van der Waals surface area contributed by atoms with Crippen LogP contribution in [-0.2, 0) is 0 Å². The zero-order valence-corrected chi connectivity index (χ0v) is 7.59. The summed E-state index contributed by atoms with van der Waals surface area (Å²) in [5, 5.41) is 0. The minimum absolute atomic E-state index is 0.207. The van der Waals surface area contributed by atoms with E-state index in [4.69, 9.17) is 0 Å². The van der Waals surface area contributed by atoms with Crippen molar-refractivity contribution in [1.29, 1.82) is 0 Å². The summed E-state index contributed by atoms with van der Waals surface area (Å²) in [4.78, 5) is 3.75. The molecule has 0 aliphatic carbocycles. The second-order valence-corrected chi connectivity index (χ2v) is 2.93. The molecule has 0 N–H and O–H groups in total. The van der Waals surface area contributed by atoms with Crippen molar-refractivity contribution in [2.75, 3.05) is 6.61 Å². The average Bonchev–Trinajstić information content (AvgIpc) is 2.03. The number of hydrogen-bond acceptors (Lipinski definition) is 2. The van der Waals surface area contributed by atoms with Crippen molar-refractivity contribution in [3.8, 4) is 5.88 Å². The fourth-order valence-electron chi connectivity index (χ4n) is 0.596. The lowest BCUT2D eigenvalue weighted by atomic mass is 10.5. The average molecular weight is 238 g/mol. The quantitative estimate of drug-likeness (QED) is 0.806. The Labute approximate surface area is 76.7 Å². The van der Waals surface area contributed by atoms with Crippen LogP contribution >= 0.6 is 15.9 Å². The molecule has 1 rings (SSSR count). The van der Waals surface area contributed by atoms with Crippen molar-refractivity contribution in [3.05, 3.63) is 22.8 Å². The highest BCUT2D eigenvalue weighted by Gasteiger charge is 2.03. The summed E-state index contributed by atoms with van der Waals surface area (Å²) in [6, 6.07) is 3.19. The predicted octanol–water partition coefficient (Wildman–Crippen LogP) is 2.49. The molecule has 0 aliphatic heterocycles. The van der Waals surface area contributed by atoms with Crippen molar-refractivity contribution in [3.63, 3.8) is 0 Å². The number of hydrogen-bond donors (Lipinski definition) is 0. The van der Waals surface area contributed by atoms with Crippen LogP contribution in [0, 0.1) is 0 Å². The molecule has 0 aliphatic rings. The van der Waals surface area contributed by atoms with E-state index in [9.17, 15) is 8.78 Å². The van der Waals surface area contributed by atoms with Gasteiger partial charge < -0.3 is 4.74 Å². The van der Waals surface area contributed by atoms with E-state index in [1.54, 1.807) is 6.07 Å². The third-order valence-electron chi connectivity index (χ3n) is 1.06. The van der Waals surface area contributed by atoms with E-state index >= 15 is 0 Å². The van der Waals surface area contributed by atoms with E-state index in [1.807, 2.05) is 0 Å². The Morgan fingerprint density at radius 3 is 2.75 bits per heavy atom. The van der Waals surface area contributed by atoms with Gasteiger partial charge in [0.2, 0.25) is 5.88 Å². The second-order valence-electron chi connectivity index (χ2n) is 2.02. The molecular weight excluding hydrogens is 232 g/mol. The Hall–Kier alpha value is -0.710. The van der Waals surface area contributed by atoms with Crippen molar-refractivity contribution in [2.24, 2.45) is 0 Å². The van der Waals surface area contributed by atoms with E-state index in [-0.39, 0.29) is 5.88 Å². The fraction of sp³-hybridized carbons (Fsp3) is 0.286. The maximum absolute atomic E-state index is 11.6.